The van der Waals surface area contributed by atoms with E-state index in [1.165, 1.54) is 12.1 Å². The van der Waals surface area contributed by atoms with Crippen LogP contribution in [0.1, 0.15) is 45.5 Å². The molecular weight excluding hydrogens is 542 g/mol. The largest absolute Gasteiger partial charge is 0.457 e. The van der Waals surface area contributed by atoms with E-state index in [0.717, 1.165) is 22.3 Å². The molecule has 8 heteroatoms. The molecule has 0 amide bonds. The summed E-state index contributed by atoms with van der Waals surface area (Å²) in [5, 5.41) is 0. The van der Waals surface area contributed by atoms with Crippen molar-refractivity contribution in [3.8, 4) is 28.4 Å². The van der Waals surface area contributed by atoms with Gasteiger partial charge in [0.25, 0.3) is 0 Å². The first-order valence-electron chi connectivity index (χ1n) is 14.0. The van der Waals surface area contributed by atoms with Crippen molar-refractivity contribution in [1.82, 2.24) is 0 Å². The van der Waals surface area contributed by atoms with Crippen LogP contribution in [0.3, 0.4) is 0 Å². The van der Waals surface area contributed by atoms with Crippen molar-refractivity contribution in [2.45, 2.75) is 37.9 Å². The van der Waals surface area contributed by atoms with Gasteiger partial charge >= 0.3 is 5.97 Å². The van der Waals surface area contributed by atoms with Crippen LogP contribution in [0.2, 0.25) is 0 Å². The molecule has 4 aromatic rings. The minimum absolute atomic E-state index is 0.0246. The molecular formula is C34H28F2O6. The lowest BCUT2D eigenvalue weighted by molar-refractivity contribution is 0.0734. The lowest BCUT2D eigenvalue weighted by Crippen LogP contribution is -2.10. The lowest BCUT2D eigenvalue weighted by atomic mass is 9.99. The van der Waals surface area contributed by atoms with E-state index in [2.05, 4.69) is 6.92 Å². The molecule has 1 aliphatic carbocycles. The molecule has 4 aromatic carbocycles. The highest BCUT2D eigenvalue weighted by Crippen LogP contribution is 2.47. The monoisotopic (exact) mass is 570 g/mol. The van der Waals surface area contributed by atoms with Crippen LogP contribution in [0.4, 0.5) is 8.78 Å². The zero-order chi connectivity index (χ0) is 28.8. The Morgan fingerprint density at radius 1 is 0.738 bits per heavy atom. The van der Waals surface area contributed by atoms with Crippen LogP contribution in [-0.2, 0) is 22.3 Å². The molecule has 214 valence electrons. The van der Waals surface area contributed by atoms with E-state index < -0.39 is 11.8 Å². The standard InChI is InChI=1S/C34H28F2O6/c1-19-30-13-23(40-18-41-24-5-4-21(33(36)15-24)11-27-17-39-27)6-8-28(30)29-9-7-25(14-31(19)29)42-34(37)22-3-2-20(32(35)12-22)10-26-16-38-26/h2-9,12-15,19,26-27H,10-11,16-18H2,1H3. The second kappa shape index (κ2) is 10.9. The lowest BCUT2D eigenvalue weighted by Gasteiger charge is -2.12. The van der Waals surface area contributed by atoms with Crippen molar-refractivity contribution in [2.24, 2.45) is 0 Å². The number of rotatable bonds is 10. The number of benzene rings is 4. The van der Waals surface area contributed by atoms with E-state index in [-0.39, 0.29) is 36.3 Å². The molecule has 7 rings (SSSR count). The number of carbonyl (C=O) groups excluding carboxylic acids is 1. The predicted octanol–water partition coefficient (Wildman–Crippen LogP) is 6.61. The minimum Gasteiger partial charge on any atom is -0.457 e. The normalized spacial score (nSPS) is 19.5. The molecule has 0 radical (unpaired) electrons. The van der Waals surface area contributed by atoms with Gasteiger partial charge in [-0.05, 0) is 75.8 Å². The van der Waals surface area contributed by atoms with Crippen molar-refractivity contribution < 1.29 is 37.3 Å². The Morgan fingerprint density at radius 2 is 1.26 bits per heavy atom. The van der Waals surface area contributed by atoms with Crippen LogP contribution in [0.15, 0.2) is 72.8 Å². The van der Waals surface area contributed by atoms with Gasteiger partial charge in [0.2, 0.25) is 6.79 Å². The van der Waals surface area contributed by atoms with Gasteiger partial charge in [0.1, 0.15) is 28.9 Å². The number of ether oxygens (including phenoxy) is 5. The fraction of sp³-hybridized carbons (Fsp3) is 0.265. The molecule has 0 spiro atoms. The van der Waals surface area contributed by atoms with Crippen LogP contribution in [-0.4, -0.2) is 38.2 Å². The van der Waals surface area contributed by atoms with Gasteiger partial charge in [-0.25, -0.2) is 13.6 Å². The summed E-state index contributed by atoms with van der Waals surface area (Å²) in [5.41, 5.74) is 5.49. The smallest absolute Gasteiger partial charge is 0.343 e. The maximum absolute atomic E-state index is 14.5. The molecule has 0 saturated carbocycles. The topological polar surface area (TPSA) is 69.8 Å². The zero-order valence-corrected chi connectivity index (χ0v) is 22.9. The number of halogens is 2. The average Bonchev–Trinajstić information content (AvgIpc) is 3.92. The Kier molecular flexibility index (Phi) is 6.88. The van der Waals surface area contributed by atoms with Crippen LogP contribution < -0.4 is 14.2 Å². The second-order valence-electron chi connectivity index (χ2n) is 10.9. The number of carbonyl (C=O) groups is 1. The maximum atomic E-state index is 14.5. The quantitative estimate of drug-likeness (QED) is 0.0925. The summed E-state index contributed by atoms with van der Waals surface area (Å²) in [4.78, 5) is 12.8. The van der Waals surface area contributed by atoms with Gasteiger partial charge in [-0.3, -0.25) is 0 Å². The van der Waals surface area contributed by atoms with Gasteiger partial charge in [0.05, 0.1) is 31.0 Å². The second-order valence-corrected chi connectivity index (χ2v) is 10.9. The summed E-state index contributed by atoms with van der Waals surface area (Å²) < 4.78 is 56.2. The summed E-state index contributed by atoms with van der Waals surface area (Å²) in [6.45, 7) is 3.33. The molecule has 3 unspecified atom stereocenters. The third-order valence-electron chi connectivity index (χ3n) is 7.94. The summed E-state index contributed by atoms with van der Waals surface area (Å²) >= 11 is 0. The van der Waals surface area contributed by atoms with Crippen molar-refractivity contribution in [2.75, 3.05) is 20.0 Å². The third kappa shape index (κ3) is 5.60. The molecule has 0 bridgehead atoms. The first-order valence-corrected chi connectivity index (χ1v) is 14.0. The molecule has 0 aromatic heterocycles. The number of epoxide rings is 2. The highest BCUT2D eigenvalue weighted by Gasteiger charge is 2.28. The van der Waals surface area contributed by atoms with Crippen molar-refractivity contribution in [3.63, 3.8) is 0 Å². The van der Waals surface area contributed by atoms with Gasteiger partial charge in [-0.1, -0.05) is 31.2 Å². The molecule has 2 heterocycles. The van der Waals surface area contributed by atoms with Crippen LogP contribution in [0, 0.1) is 11.6 Å². The molecule has 0 N–H and O–H groups in total. The third-order valence-corrected chi connectivity index (χ3v) is 7.94. The highest BCUT2D eigenvalue weighted by molar-refractivity contribution is 5.91. The van der Waals surface area contributed by atoms with E-state index in [1.807, 2.05) is 30.3 Å². The van der Waals surface area contributed by atoms with Gasteiger partial charge in [-0.15, -0.1) is 0 Å². The van der Waals surface area contributed by atoms with E-state index in [4.69, 9.17) is 23.7 Å². The van der Waals surface area contributed by atoms with Gasteiger partial charge in [-0.2, -0.15) is 0 Å². The Balaban J connectivity index is 0.987. The summed E-state index contributed by atoms with van der Waals surface area (Å²) in [7, 11) is 0. The number of esters is 1. The average molecular weight is 571 g/mol. The number of hydrogen-bond donors (Lipinski definition) is 0. The highest BCUT2D eigenvalue weighted by atomic mass is 19.1. The van der Waals surface area contributed by atoms with Crippen LogP contribution >= 0.6 is 0 Å². The SMILES string of the molecule is CC1c2cc(OCOc3ccc(CC4CO4)c(F)c3)ccc2-c2ccc(OC(=O)c3ccc(CC4CO4)c(F)c3)cc21. The van der Waals surface area contributed by atoms with E-state index in [1.54, 1.807) is 30.3 Å². The van der Waals surface area contributed by atoms with Crippen molar-refractivity contribution in [1.29, 1.82) is 0 Å². The fourth-order valence-corrected chi connectivity index (χ4v) is 5.43. The van der Waals surface area contributed by atoms with E-state index in [9.17, 15) is 13.6 Å². The van der Waals surface area contributed by atoms with E-state index in [0.29, 0.717) is 54.4 Å². The van der Waals surface area contributed by atoms with E-state index >= 15 is 0 Å². The molecule has 3 aliphatic rings. The summed E-state index contributed by atoms with van der Waals surface area (Å²) in [6, 6.07) is 20.6. The van der Waals surface area contributed by atoms with Gasteiger partial charge in [0, 0.05) is 24.8 Å². The molecule has 2 aliphatic heterocycles. The zero-order valence-electron chi connectivity index (χ0n) is 22.9. The predicted molar refractivity (Wildman–Crippen MR) is 150 cm³/mol. The number of fused-ring (bicyclic) bond motifs is 3. The maximum Gasteiger partial charge on any atom is 0.343 e. The van der Waals surface area contributed by atoms with Crippen LogP contribution in [0.25, 0.3) is 11.1 Å². The Labute approximate surface area is 241 Å². The first kappa shape index (κ1) is 26.6. The molecule has 2 saturated heterocycles. The van der Waals surface area contributed by atoms with Crippen molar-refractivity contribution >= 4 is 5.97 Å². The fourth-order valence-electron chi connectivity index (χ4n) is 5.43. The van der Waals surface area contributed by atoms with Gasteiger partial charge in [0.15, 0.2) is 0 Å². The molecule has 6 nitrogen and oxygen atoms in total. The first-order chi connectivity index (χ1) is 20.4. The summed E-state index contributed by atoms with van der Waals surface area (Å²) in [6.07, 6.45) is 1.24. The van der Waals surface area contributed by atoms with Crippen molar-refractivity contribution in [3.05, 3.63) is 112 Å². The Morgan fingerprint density at radius 3 is 1.86 bits per heavy atom. The van der Waals surface area contributed by atoms with Gasteiger partial charge < -0.3 is 23.7 Å². The molecule has 2 fully saturated rings. The summed E-state index contributed by atoms with van der Waals surface area (Å²) in [5.74, 6) is 0.0600. The molecule has 3 atom stereocenters. The van der Waals surface area contributed by atoms with Crippen LogP contribution in [0.5, 0.6) is 17.2 Å². The minimum atomic E-state index is -0.617. The number of hydrogen-bond acceptors (Lipinski definition) is 6. The Bertz CT molecular complexity index is 1680. The molecule has 42 heavy (non-hydrogen) atoms. The Hall–Kier alpha value is -4.27.